The molecule has 0 aliphatic heterocycles. The van der Waals surface area contributed by atoms with Crippen molar-refractivity contribution < 1.29 is 22.6 Å². The van der Waals surface area contributed by atoms with Crippen LogP contribution in [0, 0.1) is 0 Å². The van der Waals surface area contributed by atoms with Gasteiger partial charge in [-0.15, -0.1) is 0 Å². The van der Waals surface area contributed by atoms with E-state index in [0.717, 1.165) is 0 Å². The highest BCUT2D eigenvalue weighted by Crippen LogP contribution is 2.46. The molecule has 0 aliphatic rings. The first kappa shape index (κ1) is 26.6. The Bertz CT molecular complexity index is 1080. The van der Waals surface area contributed by atoms with Crippen LogP contribution < -0.4 is 20.1 Å². The van der Waals surface area contributed by atoms with Gasteiger partial charge in [0, 0.05) is 35.6 Å². The molecule has 180 valence electrons. The van der Waals surface area contributed by atoms with Gasteiger partial charge in [-0.05, 0) is 12.1 Å². The molecule has 0 unspecified atom stereocenters. The summed E-state index contributed by atoms with van der Waals surface area (Å²) in [7, 11) is 4.50. The Morgan fingerprint density at radius 2 is 1.58 bits per heavy atom. The van der Waals surface area contributed by atoms with E-state index in [-0.39, 0.29) is 38.6 Å². The van der Waals surface area contributed by atoms with E-state index in [0.29, 0.717) is 16.6 Å². The third-order valence-corrected chi connectivity index (χ3v) is 5.01. The van der Waals surface area contributed by atoms with Crippen LogP contribution in [0.1, 0.15) is 20.3 Å². The van der Waals surface area contributed by atoms with Crippen molar-refractivity contribution in [2.75, 3.05) is 38.4 Å². The van der Waals surface area contributed by atoms with E-state index in [1.165, 1.54) is 32.9 Å². The van der Waals surface area contributed by atoms with Gasteiger partial charge in [0.2, 0.25) is 0 Å². The monoisotopic (exact) mass is 504 g/mol. The highest BCUT2D eigenvalue weighted by Gasteiger charge is 2.28. The summed E-state index contributed by atoms with van der Waals surface area (Å²) in [6.07, 6.45) is -1.66. The first-order chi connectivity index (χ1) is 15.6. The zero-order valence-corrected chi connectivity index (χ0v) is 20.3. The number of rotatable bonds is 6. The van der Waals surface area contributed by atoms with Crippen molar-refractivity contribution in [2.24, 2.45) is 0 Å². The minimum Gasteiger partial charge on any atom is -0.495 e. The van der Waals surface area contributed by atoms with Crippen LogP contribution in [-0.4, -0.2) is 44.0 Å². The predicted molar refractivity (Wildman–Crippen MR) is 128 cm³/mol. The maximum absolute atomic E-state index is 12.8. The van der Waals surface area contributed by atoms with Crippen LogP contribution in [0.25, 0.3) is 22.0 Å². The van der Waals surface area contributed by atoms with Gasteiger partial charge < -0.3 is 20.1 Å². The normalized spacial score (nSPS) is 11.0. The molecule has 11 heteroatoms. The lowest BCUT2D eigenvalue weighted by atomic mass is 10.1. The molecular formula is C22H25Cl2F3N4O2. The zero-order valence-electron chi connectivity index (χ0n) is 18.8. The molecule has 33 heavy (non-hydrogen) atoms. The third kappa shape index (κ3) is 6.45. The predicted octanol–water partition coefficient (Wildman–Crippen LogP) is 7.05. The molecule has 2 aromatic heterocycles. The van der Waals surface area contributed by atoms with E-state index in [9.17, 15) is 13.2 Å². The summed E-state index contributed by atoms with van der Waals surface area (Å²) < 4.78 is 49.1. The molecular weight excluding hydrogens is 480 g/mol. The van der Waals surface area contributed by atoms with E-state index < -0.39 is 12.7 Å². The van der Waals surface area contributed by atoms with Gasteiger partial charge >= 0.3 is 6.18 Å². The van der Waals surface area contributed by atoms with Crippen LogP contribution in [0.3, 0.4) is 0 Å². The molecule has 2 heterocycles. The van der Waals surface area contributed by atoms with Crippen molar-refractivity contribution in [3.63, 3.8) is 0 Å². The van der Waals surface area contributed by atoms with Crippen molar-refractivity contribution in [2.45, 2.75) is 26.4 Å². The number of fused-ring (bicyclic) bond motifs is 1. The van der Waals surface area contributed by atoms with Crippen LogP contribution in [0.4, 0.5) is 24.8 Å². The van der Waals surface area contributed by atoms with Gasteiger partial charge in [-0.3, -0.25) is 0 Å². The quantitative estimate of drug-likeness (QED) is 0.374. The van der Waals surface area contributed by atoms with Crippen LogP contribution in [0.15, 0.2) is 24.4 Å². The number of ether oxygens (including phenoxy) is 2. The van der Waals surface area contributed by atoms with E-state index >= 15 is 0 Å². The number of halogens is 5. The van der Waals surface area contributed by atoms with E-state index in [2.05, 4.69) is 34.4 Å². The van der Waals surface area contributed by atoms with Crippen molar-refractivity contribution in [3.05, 3.63) is 34.4 Å². The van der Waals surface area contributed by atoms with E-state index in [1.807, 2.05) is 0 Å². The standard InChI is InChI=1S/C19H17Cl2F3N4O2.C3H8/c1-25-14-5-10-9(7-26-14)4-11(28-18(10)27-8-19(22,23)24)15-16(20)12(29-2)6-13(30-3)17(15)21;1-3-2/h4-7H,8H2,1-3H3,(H,25,26)(H,27,28);3H2,1-2H3. The van der Waals surface area contributed by atoms with E-state index in [4.69, 9.17) is 32.7 Å². The summed E-state index contributed by atoms with van der Waals surface area (Å²) in [5.41, 5.74) is 0.502. The summed E-state index contributed by atoms with van der Waals surface area (Å²) in [4.78, 5) is 8.59. The molecule has 0 saturated carbocycles. The summed E-state index contributed by atoms with van der Waals surface area (Å²) in [5.74, 6) is 1.05. The maximum Gasteiger partial charge on any atom is 0.405 e. The Kier molecular flexibility index (Phi) is 9.25. The van der Waals surface area contributed by atoms with Gasteiger partial charge in [-0.25, -0.2) is 9.97 Å². The summed E-state index contributed by atoms with van der Waals surface area (Å²) >= 11 is 12.9. The number of hydrogen-bond acceptors (Lipinski definition) is 6. The van der Waals surface area contributed by atoms with Crippen LogP contribution >= 0.6 is 23.2 Å². The highest BCUT2D eigenvalue weighted by molar-refractivity contribution is 6.41. The van der Waals surface area contributed by atoms with Gasteiger partial charge in [-0.2, -0.15) is 13.2 Å². The summed E-state index contributed by atoms with van der Waals surface area (Å²) in [5, 5.41) is 6.48. The van der Waals surface area contributed by atoms with Gasteiger partial charge in [0.05, 0.1) is 30.0 Å². The van der Waals surface area contributed by atoms with E-state index in [1.54, 1.807) is 19.2 Å². The Balaban J connectivity index is 0.00000122. The fourth-order valence-corrected chi connectivity index (χ4v) is 3.53. The molecule has 3 aromatic rings. The van der Waals surface area contributed by atoms with Crippen LogP contribution in [0.2, 0.25) is 10.0 Å². The fraction of sp³-hybridized carbons (Fsp3) is 0.364. The van der Waals surface area contributed by atoms with Gasteiger partial charge in [0.15, 0.2) is 0 Å². The molecule has 0 spiro atoms. The van der Waals surface area contributed by atoms with Crippen molar-refractivity contribution in [1.82, 2.24) is 9.97 Å². The fourth-order valence-electron chi connectivity index (χ4n) is 2.84. The molecule has 0 atom stereocenters. The number of nitrogens with one attached hydrogen (secondary N) is 2. The summed E-state index contributed by atoms with van der Waals surface area (Å²) in [6, 6.07) is 4.74. The number of aromatic nitrogens is 2. The molecule has 0 amide bonds. The molecule has 0 aliphatic carbocycles. The first-order valence-electron chi connectivity index (χ1n) is 9.99. The van der Waals surface area contributed by atoms with Gasteiger partial charge in [-0.1, -0.05) is 43.5 Å². The molecule has 6 nitrogen and oxygen atoms in total. The average Bonchev–Trinajstić information content (AvgIpc) is 2.77. The van der Waals surface area contributed by atoms with Crippen molar-refractivity contribution in [1.29, 1.82) is 0 Å². The van der Waals surface area contributed by atoms with Crippen molar-refractivity contribution in [3.8, 4) is 22.8 Å². The SMILES string of the molecule is CCC.CNc1cc2c(NCC(F)(F)F)nc(-c3c(Cl)c(OC)cc(OC)c3Cl)cc2cn1. The molecule has 3 rings (SSSR count). The smallest absolute Gasteiger partial charge is 0.405 e. The number of nitrogens with zero attached hydrogens (tertiary/aromatic N) is 2. The Morgan fingerprint density at radius 3 is 2.06 bits per heavy atom. The van der Waals surface area contributed by atoms with Crippen LogP contribution in [0.5, 0.6) is 11.5 Å². The third-order valence-electron chi connectivity index (χ3n) is 4.26. The second kappa shape index (κ2) is 11.5. The largest absolute Gasteiger partial charge is 0.495 e. The Morgan fingerprint density at radius 1 is 1.00 bits per heavy atom. The number of methoxy groups -OCH3 is 2. The maximum atomic E-state index is 12.8. The Hall–Kier alpha value is -2.65. The molecule has 0 fully saturated rings. The lowest BCUT2D eigenvalue weighted by Crippen LogP contribution is -2.22. The molecule has 1 aromatic carbocycles. The minimum atomic E-state index is -4.43. The van der Waals surface area contributed by atoms with Crippen molar-refractivity contribution >= 4 is 45.6 Å². The Labute approximate surface area is 200 Å². The second-order valence-corrected chi connectivity index (χ2v) is 7.61. The van der Waals surface area contributed by atoms with Crippen LogP contribution in [-0.2, 0) is 0 Å². The van der Waals surface area contributed by atoms with Gasteiger partial charge in [0.1, 0.15) is 29.7 Å². The average molecular weight is 505 g/mol. The number of benzene rings is 1. The molecule has 0 radical (unpaired) electrons. The molecule has 2 N–H and O–H groups in total. The lowest BCUT2D eigenvalue weighted by molar-refractivity contribution is -0.115. The lowest BCUT2D eigenvalue weighted by Gasteiger charge is -2.17. The number of hydrogen-bond donors (Lipinski definition) is 2. The number of anilines is 2. The second-order valence-electron chi connectivity index (χ2n) is 6.86. The van der Waals surface area contributed by atoms with Gasteiger partial charge in [0.25, 0.3) is 0 Å². The first-order valence-corrected chi connectivity index (χ1v) is 10.7. The molecule has 0 saturated heterocycles. The number of alkyl halides is 3. The molecule has 0 bridgehead atoms. The zero-order chi connectivity index (χ0) is 24.8. The summed E-state index contributed by atoms with van der Waals surface area (Å²) in [6.45, 7) is 2.98. The topological polar surface area (TPSA) is 68.3 Å². The number of pyridine rings is 2. The highest BCUT2D eigenvalue weighted by atomic mass is 35.5. The minimum absolute atomic E-state index is 0.00708.